The number of phenols is 2. The van der Waals surface area contributed by atoms with Crippen LogP contribution in [-0.2, 0) is 0 Å². The van der Waals surface area contributed by atoms with Gasteiger partial charge in [0.15, 0.2) is 11.5 Å². The number of ether oxygens (including phenoxy) is 1. The minimum Gasteiger partial charge on any atom is -0.504 e. The third-order valence-corrected chi connectivity index (χ3v) is 3.22. The highest BCUT2D eigenvalue weighted by atomic mass is 16.5. The Kier molecular flexibility index (Phi) is 4.84. The molecule has 0 unspecified atom stereocenters. The standard InChI is InChI=1S/C18H19NO3/c1-4-6-7-14-12(3)18(22-5-2)11-15(19-14)13-8-9-16(20)17(21)10-13/h4,6-11,20-21H,1,5H2,2-3H3/b7-6-. The summed E-state index contributed by atoms with van der Waals surface area (Å²) in [7, 11) is 0. The maximum atomic E-state index is 9.66. The maximum absolute atomic E-state index is 9.66. The van der Waals surface area contributed by atoms with Crippen molar-refractivity contribution in [2.24, 2.45) is 0 Å². The Hall–Kier alpha value is -2.75. The molecule has 1 aromatic heterocycles. The Morgan fingerprint density at radius 2 is 2.00 bits per heavy atom. The van der Waals surface area contributed by atoms with Gasteiger partial charge in [0.2, 0.25) is 0 Å². The molecule has 0 fully saturated rings. The zero-order valence-electron chi connectivity index (χ0n) is 12.7. The SMILES string of the molecule is C=C/C=C\c1nc(-c2ccc(O)c(O)c2)cc(OCC)c1C. The average molecular weight is 297 g/mol. The molecule has 2 aromatic rings. The van der Waals surface area contributed by atoms with Crippen molar-refractivity contribution in [3.63, 3.8) is 0 Å². The number of pyridine rings is 1. The third-order valence-electron chi connectivity index (χ3n) is 3.22. The molecule has 0 aliphatic rings. The molecule has 1 aromatic carbocycles. The van der Waals surface area contributed by atoms with Gasteiger partial charge < -0.3 is 14.9 Å². The molecule has 0 radical (unpaired) electrons. The summed E-state index contributed by atoms with van der Waals surface area (Å²) in [5.41, 5.74) is 3.07. The van der Waals surface area contributed by atoms with Gasteiger partial charge in [0.05, 0.1) is 18.0 Å². The number of aromatic nitrogens is 1. The molecule has 22 heavy (non-hydrogen) atoms. The van der Waals surface area contributed by atoms with Crippen LogP contribution in [0.4, 0.5) is 0 Å². The van der Waals surface area contributed by atoms with Crippen molar-refractivity contribution >= 4 is 6.08 Å². The maximum Gasteiger partial charge on any atom is 0.158 e. The van der Waals surface area contributed by atoms with Crippen LogP contribution in [0.1, 0.15) is 18.2 Å². The molecule has 0 amide bonds. The first-order valence-corrected chi connectivity index (χ1v) is 7.02. The number of benzene rings is 1. The lowest BCUT2D eigenvalue weighted by Gasteiger charge is -2.12. The molecule has 114 valence electrons. The summed E-state index contributed by atoms with van der Waals surface area (Å²) in [5, 5.41) is 19.1. The predicted molar refractivity (Wildman–Crippen MR) is 88.1 cm³/mol. The van der Waals surface area contributed by atoms with E-state index in [2.05, 4.69) is 11.6 Å². The second-order valence-electron chi connectivity index (χ2n) is 4.75. The quantitative estimate of drug-likeness (QED) is 0.645. The molecular formula is C18H19NO3. The largest absolute Gasteiger partial charge is 0.504 e. The van der Waals surface area contributed by atoms with E-state index < -0.39 is 0 Å². The zero-order valence-corrected chi connectivity index (χ0v) is 12.7. The fourth-order valence-electron chi connectivity index (χ4n) is 2.06. The van der Waals surface area contributed by atoms with Crippen LogP contribution in [0.2, 0.25) is 0 Å². The Morgan fingerprint density at radius 3 is 2.64 bits per heavy atom. The van der Waals surface area contributed by atoms with Gasteiger partial charge in [0.25, 0.3) is 0 Å². The second kappa shape index (κ2) is 6.80. The molecule has 4 nitrogen and oxygen atoms in total. The third kappa shape index (κ3) is 3.28. The zero-order chi connectivity index (χ0) is 16.1. The van der Waals surface area contributed by atoms with E-state index in [1.54, 1.807) is 12.1 Å². The molecular weight excluding hydrogens is 278 g/mol. The molecule has 0 spiro atoms. The highest BCUT2D eigenvalue weighted by molar-refractivity contribution is 5.68. The van der Waals surface area contributed by atoms with Gasteiger partial charge in [0.1, 0.15) is 5.75 Å². The van der Waals surface area contributed by atoms with Gasteiger partial charge in [-0.3, -0.25) is 0 Å². The fourth-order valence-corrected chi connectivity index (χ4v) is 2.06. The van der Waals surface area contributed by atoms with Gasteiger partial charge in [-0.25, -0.2) is 4.98 Å². The fraction of sp³-hybridized carbons (Fsp3) is 0.167. The predicted octanol–water partition coefficient (Wildman–Crippen LogP) is 4.07. The summed E-state index contributed by atoms with van der Waals surface area (Å²) >= 11 is 0. The monoisotopic (exact) mass is 297 g/mol. The Balaban J connectivity index is 2.59. The van der Waals surface area contributed by atoms with E-state index in [9.17, 15) is 10.2 Å². The second-order valence-corrected chi connectivity index (χ2v) is 4.75. The molecule has 2 N–H and O–H groups in total. The summed E-state index contributed by atoms with van der Waals surface area (Å²) in [6.45, 7) is 8.08. The van der Waals surface area contributed by atoms with Crippen LogP contribution in [0.15, 0.2) is 43.0 Å². The van der Waals surface area contributed by atoms with Gasteiger partial charge >= 0.3 is 0 Å². The summed E-state index contributed by atoms with van der Waals surface area (Å²) in [6.07, 6.45) is 5.35. The number of allylic oxidation sites excluding steroid dienone is 2. The van der Waals surface area contributed by atoms with Crippen molar-refractivity contribution in [1.82, 2.24) is 4.98 Å². The van der Waals surface area contributed by atoms with Crippen molar-refractivity contribution in [3.05, 3.63) is 54.3 Å². The van der Waals surface area contributed by atoms with Crippen molar-refractivity contribution in [2.45, 2.75) is 13.8 Å². The van der Waals surface area contributed by atoms with Crippen LogP contribution in [0, 0.1) is 6.92 Å². The van der Waals surface area contributed by atoms with Crippen molar-refractivity contribution in [2.75, 3.05) is 6.61 Å². The summed E-state index contributed by atoms with van der Waals surface area (Å²) in [4.78, 5) is 4.59. The molecule has 0 bridgehead atoms. The van der Waals surface area contributed by atoms with Gasteiger partial charge in [-0.15, -0.1) is 0 Å². The number of rotatable bonds is 5. The van der Waals surface area contributed by atoms with E-state index in [0.717, 1.165) is 17.0 Å². The number of hydrogen-bond acceptors (Lipinski definition) is 4. The molecule has 0 saturated carbocycles. The molecule has 0 aliphatic carbocycles. The lowest BCUT2D eigenvalue weighted by molar-refractivity contribution is 0.337. The topological polar surface area (TPSA) is 62.6 Å². The first-order valence-electron chi connectivity index (χ1n) is 7.02. The minimum atomic E-state index is -0.180. The highest BCUT2D eigenvalue weighted by Gasteiger charge is 2.11. The number of hydrogen-bond donors (Lipinski definition) is 2. The number of aromatic hydroxyl groups is 2. The van der Waals surface area contributed by atoms with E-state index in [1.807, 2.05) is 32.1 Å². The summed E-state index contributed by atoms with van der Waals surface area (Å²) in [5.74, 6) is 0.400. The molecule has 2 rings (SSSR count). The molecule has 0 aliphatic heterocycles. The van der Waals surface area contributed by atoms with E-state index in [1.165, 1.54) is 12.1 Å². The number of phenolic OH excluding ortho intramolecular Hbond substituents is 2. The van der Waals surface area contributed by atoms with Crippen molar-refractivity contribution in [1.29, 1.82) is 0 Å². The summed E-state index contributed by atoms with van der Waals surface area (Å²) < 4.78 is 5.66. The highest BCUT2D eigenvalue weighted by Crippen LogP contribution is 2.33. The van der Waals surface area contributed by atoms with E-state index in [-0.39, 0.29) is 11.5 Å². The average Bonchev–Trinajstić information content (AvgIpc) is 2.51. The van der Waals surface area contributed by atoms with Crippen molar-refractivity contribution in [3.8, 4) is 28.5 Å². The van der Waals surface area contributed by atoms with Gasteiger partial charge in [-0.1, -0.05) is 18.7 Å². The van der Waals surface area contributed by atoms with Crippen LogP contribution < -0.4 is 4.74 Å². The number of nitrogens with zero attached hydrogens (tertiary/aromatic N) is 1. The van der Waals surface area contributed by atoms with Crippen LogP contribution in [-0.4, -0.2) is 21.8 Å². The van der Waals surface area contributed by atoms with Gasteiger partial charge in [-0.2, -0.15) is 0 Å². The summed E-state index contributed by atoms with van der Waals surface area (Å²) in [6, 6.07) is 6.44. The van der Waals surface area contributed by atoms with Crippen LogP contribution >= 0.6 is 0 Å². The Bertz CT molecular complexity index is 721. The molecule has 4 heteroatoms. The Labute approximate surface area is 130 Å². The lowest BCUT2D eigenvalue weighted by Crippen LogP contribution is -1.99. The van der Waals surface area contributed by atoms with E-state index in [4.69, 9.17) is 4.74 Å². The smallest absolute Gasteiger partial charge is 0.158 e. The first-order chi connectivity index (χ1) is 10.6. The Morgan fingerprint density at radius 1 is 1.23 bits per heavy atom. The molecule has 0 saturated heterocycles. The van der Waals surface area contributed by atoms with Crippen LogP contribution in [0.25, 0.3) is 17.3 Å². The minimum absolute atomic E-state index is 0.160. The van der Waals surface area contributed by atoms with Crippen LogP contribution in [0.3, 0.4) is 0 Å². The van der Waals surface area contributed by atoms with Crippen LogP contribution in [0.5, 0.6) is 17.2 Å². The van der Waals surface area contributed by atoms with Gasteiger partial charge in [-0.05, 0) is 38.1 Å². The molecule has 0 atom stereocenters. The van der Waals surface area contributed by atoms with Crippen molar-refractivity contribution < 1.29 is 14.9 Å². The van der Waals surface area contributed by atoms with E-state index >= 15 is 0 Å². The lowest BCUT2D eigenvalue weighted by atomic mass is 10.1. The van der Waals surface area contributed by atoms with Gasteiger partial charge in [0, 0.05) is 17.2 Å². The van der Waals surface area contributed by atoms with E-state index in [0.29, 0.717) is 17.9 Å². The first kappa shape index (κ1) is 15.6. The molecule has 1 heterocycles. The normalized spacial score (nSPS) is 10.8.